The molecule has 0 unspecified atom stereocenters. The van der Waals surface area contributed by atoms with Crippen molar-refractivity contribution in [3.8, 4) is 0 Å². The minimum atomic E-state index is -0.835. The van der Waals surface area contributed by atoms with Crippen LogP contribution in [0.3, 0.4) is 0 Å². The van der Waals surface area contributed by atoms with Gasteiger partial charge in [-0.05, 0) is 49.2 Å². The molecular formula is C16H16F3N. The number of nitrogens with one attached hydrogen (secondary N) is 1. The van der Waals surface area contributed by atoms with Crippen molar-refractivity contribution >= 4 is 0 Å². The van der Waals surface area contributed by atoms with E-state index in [9.17, 15) is 13.2 Å². The van der Waals surface area contributed by atoms with Crippen LogP contribution >= 0.6 is 0 Å². The molecule has 0 aliphatic carbocycles. The molecule has 0 bridgehead atoms. The van der Waals surface area contributed by atoms with Gasteiger partial charge in [0.25, 0.3) is 0 Å². The lowest BCUT2D eigenvalue weighted by Gasteiger charge is -2.08. The molecule has 1 N–H and O–H groups in total. The van der Waals surface area contributed by atoms with E-state index in [4.69, 9.17) is 0 Å². The molecule has 0 fully saturated rings. The molecule has 0 amide bonds. The molecule has 0 atom stereocenters. The first kappa shape index (κ1) is 14.6. The maximum absolute atomic E-state index is 13.4. The molecule has 1 nitrogen and oxygen atoms in total. The van der Waals surface area contributed by atoms with E-state index in [-0.39, 0.29) is 12.4 Å². The summed E-state index contributed by atoms with van der Waals surface area (Å²) in [4.78, 5) is 0. The predicted octanol–water partition coefficient (Wildman–Crippen LogP) is 3.74. The number of aryl methyl sites for hydroxylation is 1. The fraction of sp³-hybridized carbons (Fsp3) is 0.250. The average molecular weight is 279 g/mol. The Morgan fingerprint density at radius 1 is 1.00 bits per heavy atom. The first-order chi connectivity index (χ1) is 9.58. The lowest BCUT2D eigenvalue weighted by atomic mass is 10.1. The van der Waals surface area contributed by atoms with Crippen LogP contribution in [0, 0.1) is 24.4 Å². The van der Waals surface area contributed by atoms with E-state index in [1.165, 1.54) is 18.2 Å². The minimum absolute atomic E-state index is 0.249. The molecule has 0 aromatic heterocycles. The highest BCUT2D eigenvalue weighted by Gasteiger charge is 2.06. The Hall–Kier alpha value is -1.81. The third kappa shape index (κ3) is 3.61. The summed E-state index contributed by atoms with van der Waals surface area (Å²) in [6.07, 6.45) is 0.711. The van der Waals surface area contributed by atoms with E-state index in [1.807, 2.05) is 6.92 Å². The highest BCUT2D eigenvalue weighted by Crippen LogP contribution is 2.12. The second kappa shape index (κ2) is 6.57. The van der Waals surface area contributed by atoms with Crippen LogP contribution in [0.15, 0.2) is 36.4 Å². The van der Waals surface area contributed by atoms with Crippen molar-refractivity contribution in [1.29, 1.82) is 0 Å². The van der Waals surface area contributed by atoms with Gasteiger partial charge in [0.15, 0.2) is 11.6 Å². The lowest BCUT2D eigenvalue weighted by Crippen LogP contribution is -2.18. The molecule has 0 radical (unpaired) electrons. The normalized spacial score (nSPS) is 10.8. The molecule has 106 valence electrons. The number of hydrogen-bond acceptors (Lipinski definition) is 1. The summed E-state index contributed by atoms with van der Waals surface area (Å²) >= 11 is 0. The quantitative estimate of drug-likeness (QED) is 0.822. The second-order valence-electron chi connectivity index (χ2n) is 4.71. The fourth-order valence-corrected chi connectivity index (χ4v) is 2.07. The van der Waals surface area contributed by atoms with Gasteiger partial charge in [0.2, 0.25) is 0 Å². The maximum atomic E-state index is 13.4. The Morgan fingerprint density at radius 2 is 1.80 bits per heavy atom. The van der Waals surface area contributed by atoms with E-state index in [1.54, 1.807) is 12.1 Å². The van der Waals surface area contributed by atoms with Gasteiger partial charge < -0.3 is 5.32 Å². The van der Waals surface area contributed by atoms with Crippen LogP contribution in [0.2, 0.25) is 0 Å². The summed E-state index contributed by atoms with van der Waals surface area (Å²) in [5.41, 5.74) is 2.24. The molecule has 0 heterocycles. The molecule has 0 aliphatic heterocycles. The smallest absolute Gasteiger partial charge is 0.163 e. The molecule has 0 aliphatic rings. The van der Waals surface area contributed by atoms with Gasteiger partial charge in [-0.15, -0.1) is 0 Å². The summed E-state index contributed by atoms with van der Waals surface area (Å²) in [6, 6.07) is 8.79. The van der Waals surface area contributed by atoms with Crippen molar-refractivity contribution in [3.63, 3.8) is 0 Å². The first-order valence-corrected chi connectivity index (χ1v) is 6.46. The number of rotatable bonds is 5. The van der Waals surface area contributed by atoms with E-state index in [0.29, 0.717) is 18.5 Å². The largest absolute Gasteiger partial charge is 0.312 e. The van der Waals surface area contributed by atoms with Crippen LogP contribution in [0.25, 0.3) is 0 Å². The van der Waals surface area contributed by atoms with E-state index in [2.05, 4.69) is 5.32 Å². The third-order valence-electron chi connectivity index (χ3n) is 3.22. The van der Waals surface area contributed by atoms with Crippen molar-refractivity contribution in [2.75, 3.05) is 6.54 Å². The standard InChI is InChI=1S/C16H16F3N/c1-11-9-14(17)6-5-12(11)7-8-20-10-13-3-2-4-15(18)16(13)19/h2-6,9,20H,7-8,10H2,1H3. The maximum Gasteiger partial charge on any atom is 0.163 e. The predicted molar refractivity (Wildman–Crippen MR) is 72.9 cm³/mol. The van der Waals surface area contributed by atoms with Crippen molar-refractivity contribution < 1.29 is 13.2 Å². The highest BCUT2D eigenvalue weighted by molar-refractivity contribution is 5.26. The molecule has 2 aromatic rings. The van der Waals surface area contributed by atoms with Gasteiger partial charge in [-0.2, -0.15) is 0 Å². The topological polar surface area (TPSA) is 12.0 Å². The van der Waals surface area contributed by atoms with Gasteiger partial charge in [-0.3, -0.25) is 0 Å². The molecule has 0 saturated heterocycles. The van der Waals surface area contributed by atoms with Gasteiger partial charge in [-0.1, -0.05) is 18.2 Å². The van der Waals surface area contributed by atoms with Crippen molar-refractivity contribution in [2.24, 2.45) is 0 Å². The minimum Gasteiger partial charge on any atom is -0.312 e. The summed E-state index contributed by atoms with van der Waals surface area (Å²) in [6.45, 7) is 2.73. The van der Waals surface area contributed by atoms with Gasteiger partial charge in [0.1, 0.15) is 5.82 Å². The summed E-state index contributed by atoms with van der Waals surface area (Å²) < 4.78 is 39.4. The van der Waals surface area contributed by atoms with Gasteiger partial charge in [-0.25, -0.2) is 13.2 Å². The molecule has 4 heteroatoms. The Kier molecular flexibility index (Phi) is 4.79. The Morgan fingerprint density at radius 3 is 2.55 bits per heavy atom. The SMILES string of the molecule is Cc1cc(F)ccc1CCNCc1cccc(F)c1F. The fourth-order valence-electron chi connectivity index (χ4n) is 2.07. The number of benzene rings is 2. The Labute approximate surface area is 116 Å². The summed E-state index contributed by atoms with van der Waals surface area (Å²) in [7, 11) is 0. The van der Waals surface area contributed by atoms with Gasteiger partial charge in [0.05, 0.1) is 0 Å². The van der Waals surface area contributed by atoms with E-state index in [0.717, 1.165) is 17.2 Å². The van der Waals surface area contributed by atoms with Crippen molar-refractivity contribution in [2.45, 2.75) is 19.9 Å². The van der Waals surface area contributed by atoms with Crippen LogP contribution < -0.4 is 5.32 Å². The molecule has 2 rings (SSSR count). The molecule has 2 aromatic carbocycles. The Bertz CT molecular complexity index is 596. The van der Waals surface area contributed by atoms with Crippen LogP contribution in [0.5, 0.6) is 0 Å². The zero-order chi connectivity index (χ0) is 14.5. The zero-order valence-corrected chi connectivity index (χ0v) is 11.2. The monoisotopic (exact) mass is 279 g/mol. The number of hydrogen-bond donors (Lipinski definition) is 1. The Balaban J connectivity index is 1.86. The van der Waals surface area contributed by atoms with Crippen LogP contribution in [-0.4, -0.2) is 6.54 Å². The van der Waals surface area contributed by atoms with Crippen molar-refractivity contribution in [1.82, 2.24) is 5.32 Å². The zero-order valence-electron chi connectivity index (χ0n) is 11.2. The summed E-state index contributed by atoms with van der Waals surface area (Å²) in [5.74, 6) is -1.89. The average Bonchev–Trinajstić information content (AvgIpc) is 2.41. The molecular weight excluding hydrogens is 263 g/mol. The first-order valence-electron chi connectivity index (χ1n) is 6.46. The lowest BCUT2D eigenvalue weighted by molar-refractivity contribution is 0.493. The molecule has 0 spiro atoms. The molecule has 0 saturated carbocycles. The second-order valence-corrected chi connectivity index (χ2v) is 4.71. The van der Waals surface area contributed by atoms with Gasteiger partial charge in [0, 0.05) is 12.1 Å². The van der Waals surface area contributed by atoms with E-state index >= 15 is 0 Å². The van der Waals surface area contributed by atoms with Crippen LogP contribution in [-0.2, 0) is 13.0 Å². The van der Waals surface area contributed by atoms with Crippen LogP contribution in [0.1, 0.15) is 16.7 Å². The van der Waals surface area contributed by atoms with Crippen molar-refractivity contribution in [3.05, 3.63) is 70.5 Å². The van der Waals surface area contributed by atoms with Crippen LogP contribution in [0.4, 0.5) is 13.2 Å². The molecule has 20 heavy (non-hydrogen) atoms. The highest BCUT2D eigenvalue weighted by atomic mass is 19.2. The third-order valence-corrected chi connectivity index (χ3v) is 3.22. The van der Waals surface area contributed by atoms with Gasteiger partial charge >= 0.3 is 0 Å². The van der Waals surface area contributed by atoms with E-state index < -0.39 is 11.6 Å². The summed E-state index contributed by atoms with van der Waals surface area (Å²) in [5, 5.41) is 3.06. The number of halogens is 3.